The largest absolute Gasteiger partial charge is 0.0961 e. The van der Waals surface area contributed by atoms with E-state index in [2.05, 4.69) is 26.5 Å². The van der Waals surface area contributed by atoms with Crippen molar-refractivity contribution < 1.29 is 0 Å². The van der Waals surface area contributed by atoms with Gasteiger partial charge in [-0.2, -0.15) is 0 Å². The predicted molar refractivity (Wildman–Crippen MR) is 54.7 cm³/mol. The zero-order chi connectivity index (χ0) is 9.28. The summed E-state index contributed by atoms with van der Waals surface area (Å²) in [6.45, 7) is 13.9. The van der Waals surface area contributed by atoms with Gasteiger partial charge < -0.3 is 0 Å². The van der Waals surface area contributed by atoms with E-state index in [0.29, 0.717) is 0 Å². The van der Waals surface area contributed by atoms with Crippen molar-refractivity contribution in [2.24, 2.45) is 0 Å². The summed E-state index contributed by atoms with van der Waals surface area (Å²) >= 11 is 0. The van der Waals surface area contributed by atoms with Crippen LogP contribution in [0.4, 0.5) is 0 Å². The molecule has 64 valence electrons. The molecule has 0 aliphatic rings. The van der Waals surface area contributed by atoms with Crippen LogP contribution in [0.25, 0.3) is 0 Å². The van der Waals surface area contributed by atoms with Gasteiger partial charge in [0.25, 0.3) is 0 Å². The molecule has 0 radical (unpaired) electrons. The van der Waals surface area contributed by atoms with Crippen molar-refractivity contribution in [3.8, 4) is 0 Å². The number of hydrogen-bond acceptors (Lipinski definition) is 0. The van der Waals surface area contributed by atoms with Gasteiger partial charge >= 0.3 is 0 Å². The van der Waals surface area contributed by atoms with E-state index in [4.69, 9.17) is 0 Å². The summed E-state index contributed by atoms with van der Waals surface area (Å²) in [6, 6.07) is 0. The summed E-state index contributed by atoms with van der Waals surface area (Å²) in [4.78, 5) is 0. The SMILES string of the molecule is C=C(C)/C=C\C=C(C)C.CC. The average Bonchev–Trinajstić information content (AvgIpc) is 1.90. The maximum Gasteiger partial charge on any atom is -0.0404 e. The van der Waals surface area contributed by atoms with Crippen molar-refractivity contribution >= 4 is 0 Å². The van der Waals surface area contributed by atoms with Crippen LogP contribution in [0.1, 0.15) is 34.6 Å². The first kappa shape index (κ1) is 12.9. The van der Waals surface area contributed by atoms with Crippen LogP contribution in [-0.2, 0) is 0 Å². The zero-order valence-corrected chi connectivity index (χ0v) is 8.44. The Morgan fingerprint density at radius 2 is 1.55 bits per heavy atom. The number of hydrogen-bond donors (Lipinski definition) is 0. The molecule has 0 rings (SSSR count). The van der Waals surface area contributed by atoms with Crippen molar-refractivity contribution in [3.05, 3.63) is 36.0 Å². The highest BCUT2D eigenvalue weighted by atomic mass is 13.8. The van der Waals surface area contributed by atoms with E-state index in [9.17, 15) is 0 Å². The summed E-state index contributed by atoms with van der Waals surface area (Å²) < 4.78 is 0. The van der Waals surface area contributed by atoms with Crippen LogP contribution in [0.2, 0.25) is 0 Å². The van der Waals surface area contributed by atoms with Gasteiger partial charge in [-0.05, 0) is 20.8 Å². The molecule has 0 aliphatic carbocycles. The lowest BCUT2D eigenvalue weighted by Gasteiger charge is -1.83. The Labute approximate surface area is 71.3 Å². The smallest absolute Gasteiger partial charge is 0.0404 e. The fraction of sp³-hybridized carbons (Fsp3) is 0.455. The van der Waals surface area contributed by atoms with E-state index in [1.54, 1.807) is 0 Å². The lowest BCUT2D eigenvalue weighted by atomic mass is 10.2. The fourth-order valence-corrected chi connectivity index (χ4v) is 0.405. The Morgan fingerprint density at radius 1 is 1.09 bits per heavy atom. The summed E-state index contributed by atoms with van der Waals surface area (Å²) in [5.74, 6) is 0. The molecule has 0 N–H and O–H groups in total. The van der Waals surface area contributed by atoms with Crippen molar-refractivity contribution in [3.63, 3.8) is 0 Å². The molecule has 0 amide bonds. The molecule has 0 aromatic carbocycles. The molecule has 0 aliphatic heterocycles. The van der Waals surface area contributed by atoms with Crippen LogP contribution in [0.15, 0.2) is 36.0 Å². The molecule has 11 heavy (non-hydrogen) atoms. The van der Waals surface area contributed by atoms with Gasteiger partial charge in [0.2, 0.25) is 0 Å². The molecule has 0 atom stereocenters. The Bertz CT molecular complexity index is 143. The maximum absolute atomic E-state index is 3.74. The molecule has 0 aromatic heterocycles. The third kappa shape index (κ3) is 17.6. The predicted octanol–water partition coefficient (Wildman–Crippen LogP) is 4.11. The molecule has 0 saturated carbocycles. The van der Waals surface area contributed by atoms with Gasteiger partial charge in [-0.3, -0.25) is 0 Å². The van der Waals surface area contributed by atoms with Gasteiger partial charge in [0.1, 0.15) is 0 Å². The molecule has 0 heterocycles. The van der Waals surface area contributed by atoms with E-state index in [1.807, 2.05) is 32.9 Å². The molecule has 0 bridgehead atoms. The minimum Gasteiger partial charge on any atom is -0.0961 e. The van der Waals surface area contributed by atoms with Crippen molar-refractivity contribution in [2.45, 2.75) is 34.6 Å². The van der Waals surface area contributed by atoms with Crippen LogP contribution in [0.5, 0.6) is 0 Å². The first-order chi connectivity index (χ1) is 5.13. The lowest BCUT2D eigenvalue weighted by molar-refractivity contribution is 1.39. The van der Waals surface area contributed by atoms with E-state index >= 15 is 0 Å². The van der Waals surface area contributed by atoms with E-state index in [0.717, 1.165) is 5.57 Å². The van der Waals surface area contributed by atoms with E-state index in [-0.39, 0.29) is 0 Å². The fourth-order valence-electron chi connectivity index (χ4n) is 0.405. The number of allylic oxidation sites excluding steroid dienone is 5. The average molecular weight is 152 g/mol. The minimum absolute atomic E-state index is 1.09. The molecule has 0 aromatic rings. The molecule has 0 nitrogen and oxygen atoms in total. The summed E-state index contributed by atoms with van der Waals surface area (Å²) in [5.41, 5.74) is 2.40. The molecule has 0 fully saturated rings. The first-order valence-electron chi connectivity index (χ1n) is 4.10. The van der Waals surface area contributed by atoms with Crippen LogP contribution in [-0.4, -0.2) is 0 Å². The van der Waals surface area contributed by atoms with Gasteiger partial charge in [0.15, 0.2) is 0 Å². The highest BCUT2D eigenvalue weighted by molar-refractivity contribution is 5.18. The molecular weight excluding hydrogens is 132 g/mol. The van der Waals surface area contributed by atoms with Gasteiger partial charge in [-0.25, -0.2) is 0 Å². The molecule has 0 unspecified atom stereocenters. The summed E-state index contributed by atoms with van der Waals surface area (Å²) in [5, 5.41) is 0. The quantitative estimate of drug-likeness (QED) is 0.522. The second kappa shape index (κ2) is 9.22. The van der Waals surface area contributed by atoms with E-state index < -0.39 is 0 Å². The highest BCUT2D eigenvalue weighted by Gasteiger charge is 1.71. The second-order valence-electron chi connectivity index (χ2n) is 2.45. The van der Waals surface area contributed by atoms with Crippen molar-refractivity contribution in [1.29, 1.82) is 0 Å². The third-order valence-electron chi connectivity index (χ3n) is 0.810. The summed E-state index contributed by atoms with van der Waals surface area (Å²) in [7, 11) is 0. The van der Waals surface area contributed by atoms with Crippen LogP contribution < -0.4 is 0 Å². The third-order valence-corrected chi connectivity index (χ3v) is 0.810. The lowest BCUT2D eigenvalue weighted by Crippen LogP contribution is -1.61. The Hall–Kier alpha value is -0.780. The normalized spacial score (nSPS) is 8.45. The van der Waals surface area contributed by atoms with Crippen molar-refractivity contribution in [1.82, 2.24) is 0 Å². The maximum atomic E-state index is 3.74. The van der Waals surface area contributed by atoms with Crippen LogP contribution in [0, 0.1) is 0 Å². The van der Waals surface area contributed by atoms with Crippen LogP contribution in [0.3, 0.4) is 0 Å². The van der Waals surface area contributed by atoms with Crippen molar-refractivity contribution in [2.75, 3.05) is 0 Å². The van der Waals surface area contributed by atoms with Gasteiger partial charge in [0.05, 0.1) is 0 Å². The molecule has 0 heteroatoms. The second-order valence-corrected chi connectivity index (χ2v) is 2.45. The molecular formula is C11H20. The zero-order valence-electron chi connectivity index (χ0n) is 8.44. The van der Waals surface area contributed by atoms with E-state index in [1.165, 1.54) is 5.57 Å². The minimum atomic E-state index is 1.09. The van der Waals surface area contributed by atoms with Gasteiger partial charge in [-0.1, -0.05) is 49.8 Å². The summed E-state index contributed by atoms with van der Waals surface area (Å²) in [6.07, 6.45) is 6.07. The Balaban J connectivity index is 0. The Kier molecular flexibility index (Phi) is 10.8. The number of rotatable bonds is 2. The van der Waals surface area contributed by atoms with Crippen LogP contribution >= 0.6 is 0 Å². The standard InChI is InChI=1S/C9H14.C2H6/c1-8(2)6-5-7-9(3)4;1-2/h5-7H,1H2,2-4H3;1-2H3/b6-5-;. The topological polar surface area (TPSA) is 0 Å². The molecule has 0 spiro atoms. The first-order valence-corrected chi connectivity index (χ1v) is 4.10. The Morgan fingerprint density at radius 3 is 1.82 bits per heavy atom. The van der Waals surface area contributed by atoms with Gasteiger partial charge in [0, 0.05) is 0 Å². The molecule has 0 saturated heterocycles. The highest BCUT2D eigenvalue weighted by Crippen LogP contribution is 1.92. The monoisotopic (exact) mass is 152 g/mol. The van der Waals surface area contributed by atoms with Gasteiger partial charge in [-0.15, -0.1) is 0 Å².